The summed E-state index contributed by atoms with van der Waals surface area (Å²) in [6, 6.07) is 14.5. The number of hydrogen-bond acceptors (Lipinski definition) is 3. The molecule has 0 aliphatic rings. The highest BCUT2D eigenvalue weighted by atomic mass is 19.4. The fraction of sp³-hybridized carbons (Fsp3) is 0.190. The Hall–Kier alpha value is -3.22. The molecular weight excluding hydrogens is 371 g/mol. The third-order valence-corrected chi connectivity index (χ3v) is 4.23. The van der Waals surface area contributed by atoms with E-state index in [0.717, 1.165) is 17.7 Å². The van der Waals surface area contributed by atoms with Crippen molar-refractivity contribution in [3.63, 3.8) is 0 Å². The fourth-order valence-corrected chi connectivity index (χ4v) is 2.74. The molecule has 0 spiro atoms. The minimum absolute atomic E-state index is 0.0308. The van der Waals surface area contributed by atoms with Crippen LogP contribution in [0, 0.1) is 0 Å². The van der Waals surface area contributed by atoms with E-state index in [1.165, 1.54) is 30.5 Å². The summed E-state index contributed by atoms with van der Waals surface area (Å²) in [5.74, 6) is 0.473. The van der Waals surface area contributed by atoms with Crippen LogP contribution >= 0.6 is 0 Å². The molecule has 0 bridgehead atoms. The normalized spacial score (nSPS) is 11.4. The molecule has 0 fully saturated rings. The van der Waals surface area contributed by atoms with Crippen LogP contribution in [-0.4, -0.2) is 15.9 Å². The maximum Gasteiger partial charge on any atom is 0.416 e. The number of phenolic OH excluding ortho intramolecular Hbond substituents is 1. The average molecular weight is 389 g/mol. The van der Waals surface area contributed by atoms with E-state index in [2.05, 4.69) is 0 Å². The first-order valence-corrected chi connectivity index (χ1v) is 8.55. The third-order valence-electron chi connectivity index (χ3n) is 4.23. The predicted molar refractivity (Wildman–Crippen MR) is 96.2 cm³/mol. The summed E-state index contributed by atoms with van der Waals surface area (Å²) in [5.41, 5.74) is 0.554. The van der Waals surface area contributed by atoms with Crippen molar-refractivity contribution >= 4 is 5.91 Å². The highest BCUT2D eigenvalue weighted by Crippen LogP contribution is 2.29. The topological polar surface area (TPSA) is 53.7 Å². The van der Waals surface area contributed by atoms with Gasteiger partial charge in [-0.25, -0.2) is 0 Å². The summed E-state index contributed by atoms with van der Waals surface area (Å²) >= 11 is 0. The molecule has 4 nitrogen and oxygen atoms in total. The van der Waals surface area contributed by atoms with Gasteiger partial charge in [0, 0.05) is 6.54 Å². The summed E-state index contributed by atoms with van der Waals surface area (Å²) < 4.78 is 43.4. The molecule has 0 radical (unpaired) electrons. The van der Waals surface area contributed by atoms with Crippen molar-refractivity contribution in [3.8, 4) is 5.75 Å². The van der Waals surface area contributed by atoms with Crippen LogP contribution in [0.4, 0.5) is 13.2 Å². The van der Waals surface area contributed by atoms with Gasteiger partial charge in [-0.05, 0) is 47.5 Å². The van der Waals surface area contributed by atoms with Crippen LogP contribution in [0.1, 0.15) is 22.5 Å². The standard InChI is InChI=1S/C21H18F3NO3/c22-21(23,24)17-7-3-15(4-8-17)12-20(27)25(14-19-2-1-11-28-19)13-16-5-9-18(26)10-6-16/h1-11,26H,12-14H2. The van der Waals surface area contributed by atoms with Crippen molar-refractivity contribution in [1.29, 1.82) is 0 Å². The number of carbonyl (C=O) groups is 1. The van der Waals surface area contributed by atoms with Gasteiger partial charge in [0.15, 0.2) is 0 Å². The second-order valence-corrected chi connectivity index (χ2v) is 6.37. The van der Waals surface area contributed by atoms with Gasteiger partial charge in [-0.15, -0.1) is 0 Å². The lowest BCUT2D eigenvalue weighted by atomic mass is 10.1. The van der Waals surface area contributed by atoms with Gasteiger partial charge < -0.3 is 14.4 Å². The summed E-state index contributed by atoms with van der Waals surface area (Å²) in [5, 5.41) is 9.41. The number of nitrogens with zero attached hydrogens (tertiary/aromatic N) is 1. The first kappa shape index (κ1) is 19.5. The average Bonchev–Trinajstić information content (AvgIpc) is 3.16. The highest BCUT2D eigenvalue weighted by Gasteiger charge is 2.30. The molecule has 2 aromatic carbocycles. The maximum absolute atomic E-state index is 12.8. The SMILES string of the molecule is O=C(Cc1ccc(C(F)(F)F)cc1)N(Cc1ccc(O)cc1)Cc1ccco1. The molecule has 1 aromatic heterocycles. The maximum atomic E-state index is 12.8. The number of furan rings is 1. The van der Waals surface area contributed by atoms with Crippen LogP contribution < -0.4 is 0 Å². The molecule has 28 heavy (non-hydrogen) atoms. The Morgan fingerprint density at radius 1 is 0.929 bits per heavy atom. The summed E-state index contributed by atoms with van der Waals surface area (Å²) in [4.78, 5) is 14.4. The monoisotopic (exact) mass is 389 g/mol. The number of amides is 1. The fourth-order valence-electron chi connectivity index (χ4n) is 2.74. The minimum Gasteiger partial charge on any atom is -0.508 e. The largest absolute Gasteiger partial charge is 0.508 e. The van der Waals surface area contributed by atoms with Crippen LogP contribution in [-0.2, 0) is 30.5 Å². The van der Waals surface area contributed by atoms with Crippen LogP contribution in [0.25, 0.3) is 0 Å². The Labute approximate surface area is 159 Å². The second-order valence-electron chi connectivity index (χ2n) is 6.37. The number of alkyl halides is 3. The van der Waals surface area contributed by atoms with E-state index >= 15 is 0 Å². The van der Waals surface area contributed by atoms with E-state index in [1.54, 1.807) is 29.2 Å². The van der Waals surface area contributed by atoms with E-state index < -0.39 is 11.7 Å². The first-order valence-electron chi connectivity index (χ1n) is 8.55. The molecule has 1 N–H and O–H groups in total. The van der Waals surface area contributed by atoms with Gasteiger partial charge in [0.25, 0.3) is 0 Å². The van der Waals surface area contributed by atoms with Gasteiger partial charge in [0.2, 0.25) is 5.91 Å². The number of phenols is 1. The number of benzene rings is 2. The molecule has 0 unspecified atom stereocenters. The van der Waals surface area contributed by atoms with Gasteiger partial charge in [0.05, 0.1) is 24.8 Å². The van der Waals surface area contributed by atoms with Gasteiger partial charge in [-0.1, -0.05) is 24.3 Å². The van der Waals surface area contributed by atoms with E-state index in [-0.39, 0.29) is 31.2 Å². The lowest BCUT2D eigenvalue weighted by Crippen LogP contribution is -2.31. The Balaban J connectivity index is 1.74. The molecule has 3 rings (SSSR count). The summed E-state index contributed by atoms with van der Waals surface area (Å²) in [6.45, 7) is 0.508. The molecule has 7 heteroatoms. The van der Waals surface area contributed by atoms with Crippen molar-refractivity contribution in [2.24, 2.45) is 0 Å². The molecule has 0 aliphatic heterocycles. The molecular formula is C21H18F3NO3. The van der Waals surface area contributed by atoms with Crippen LogP contribution in [0.5, 0.6) is 5.75 Å². The third kappa shape index (κ3) is 5.16. The smallest absolute Gasteiger partial charge is 0.416 e. The molecule has 146 valence electrons. The predicted octanol–water partition coefficient (Wildman–Crippen LogP) is 4.78. The number of halogens is 3. The van der Waals surface area contributed by atoms with Gasteiger partial charge in [-0.3, -0.25) is 4.79 Å². The van der Waals surface area contributed by atoms with Crippen molar-refractivity contribution in [2.75, 3.05) is 0 Å². The molecule has 0 aliphatic carbocycles. The number of carbonyl (C=O) groups excluding carboxylic acids is 1. The molecule has 1 heterocycles. The van der Waals surface area contributed by atoms with Gasteiger partial charge in [-0.2, -0.15) is 13.2 Å². The Morgan fingerprint density at radius 2 is 1.57 bits per heavy atom. The quantitative estimate of drug-likeness (QED) is 0.660. The zero-order chi connectivity index (χ0) is 20.1. The van der Waals surface area contributed by atoms with E-state index in [9.17, 15) is 23.1 Å². The lowest BCUT2D eigenvalue weighted by molar-refractivity contribution is -0.137. The first-order chi connectivity index (χ1) is 13.3. The zero-order valence-electron chi connectivity index (χ0n) is 14.8. The van der Waals surface area contributed by atoms with Crippen molar-refractivity contribution in [1.82, 2.24) is 4.90 Å². The zero-order valence-corrected chi connectivity index (χ0v) is 14.8. The number of hydrogen-bond donors (Lipinski definition) is 1. The molecule has 0 saturated carbocycles. The van der Waals surface area contributed by atoms with Crippen LogP contribution in [0.15, 0.2) is 71.3 Å². The van der Waals surface area contributed by atoms with E-state index in [4.69, 9.17) is 4.42 Å². The second kappa shape index (κ2) is 8.21. The Bertz CT molecular complexity index is 902. The summed E-state index contributed by atoms with van der Waals surface area (Å²) in [6.07, 6.45) is -2.93. The van der Waals surface area contributed by atoms with Crippen LogP contribution in [0.2, 0.25) is 0 Å². The van der Waals surface area contributed by atoms with Crippen LogP contribution in [0.3, 0.4) is 0 Å². The number of rotatable bonds is 6. The van der Waals surface area contributed by atoms with Crippen molar-refractivity contribution < 1.29 is 27.5 Å². The van der Waals surface area contributed by atoms with Crippen molar-refractivity contribution in [3.05, 3.63) is 89.4 Å². The van der Waals surface area contributed by atoms with Gasteiger partial charge >= 0.3 is 6.18 Å². The Kier molecular flexibility index (Phi) is 5.73. The van der Waals surface area contributed by atoms with E-state index in [0.29, 0.717) is 11.3 Å². The number of aromatic hydroxyl groups is 1. The minimum atomic E-state index is -4.41. The molecule has 3 aromatic rings. The van der Waals surface area contributed by atoms with E-state index in [1.807, 2.05) is 0 Å². The summed E-state index contributed by atoms with van der Waals surface area (Å²) in [7, 11) is 0. The van der Waals surface area contributed by atoms with Gasteiger partial charge in [0.1, 0.15) is 11.5 Å². The highest BCUT2D eigenvalue weighted by molar-refractivity contribution is 5.78. The molecule has 0 atom stereocenters. The lowest BCUT2D eigenvalue weighted by Gasteiger charge is -2.22. The van der Waals surface area contributed by atoms with Crippen molar-refractivity contribution in [2.45, 2.75) is 25.7 Å². The molecule has 1 amide bonds. The molecule has 0 saturated heterocycles. The Morgan fingerprint density at radius 3 is 2.14 bits per heavy atom.